The lowest BCUT2D eigenvalue weighted by Crippen LogP contribution is -2.40. The van der Waals surface area contributed by atoms with E-state index in [4.69, 9.17) is 11.6 Å². The second kappa shape index (κ2) is 4.67. The SMILES string of the molecule is O=C1[C@H]2[C@@H]3C=C[C@H]([C@@H]4C[C@H]34)[C@@H]2C(=O)N1c1cc(C(F)(F)F)ccc1Cl. The lowest BCUT2D eigenvalue weighted by atomic mass is 9.63. The molecule has 4 aliphatic carbocycles. The summed E-state index contributed by atoms with van der Waals surface area (Å²) in [6, 6.07) is 2.74. The number of alkyl halides is 3. The molecule has 0 aromatic heterocycles. The number of rotatable bonds is 1. The molecule has 1 aromatic carbocycles. The molecule has 6 rings (SSSR count). The van der Waals surface area contributed by atoms with Crippen LogP contribution in [0.4, 0.5) is 18.9 Å². The Morgan fingerprint density at radius 3 is 2.08 bits per heavy atom. The maximum Gasteiger partial charge on any atom is 0.416 e. The Balaban J connectivity index is 1.59. The van der Waals surface area contributed by atoms with Crippen LogP contribution in [0.3, 0.4) is 0 Å². The molecule has 0 unspecified atom stereocenters. The molecule has 0 spiro atoms. The van der Waals surface area contributed by atoms with Gasteiger partial charge in [0.25, 0.3) is 0 Å². The smallest absolute Gasteiger partial charge is 0.274 e. The van der Waals surface area contributed by atoms with Crippen LogP contribution in [-0.2, 0) is 15.8 Å². The molecule has 3 fully saturated rings. The first kappa shape index (κ1) is 15.4. The molecule has 6 atom stereocenters. The van der Waals surface area contributed by atoms with Crippen LogP contribution in [0.25, 0.3) is 0 Å². The topological polar surface area (TPSA) is 37.4 Å². The third-order valence-corrected chi connectivity index (χ3v) is 6.50. The number of hydrogen-bond donors (Lipinski definition) is 0. The molecule has 5 aliphatic rings. The number of anilines is 1. The summed E-state index contributed by atoms with van der Waals surface area (Å²) in [6.45, 7) is 0. The molecule has 0 radical (unpaired) electrons. The molecule has 1 saturated heterocycles. The van der Waals surface area contributed by atoms with Gasteiger partial charge in [-0.15, -0.1) is 0 Å². The van der Waals surface area contributed by atoms with Crippen molar-refractivity contribution in [3.8, 4) is 0 Å². The van der Waals surface area contributed by atoms with Crippen LogP contribution in [0.15, 0.2) is 30.4 Å². The summed E-state index contributed by atoms with van der Waals surface area (Å²) < 4.78 is 39.1. The van der Waals surface area contributed by atoms with Gasteiger partial charge in [0.05, 0.1) is 28.1 Å². The quantitative estimate of drug-likeness (QED) is 0.557. The van der Waals surface area contributed by atoms with Gasteiger partial charge in [0.1, 0.15) is 0 Å². The van der Waals surface area contributed by atoms with Gasteiger partial charge >= 0.3 is 6.18 Å². The van der Waals surface area contributed by atoms with E-state index >= 15 is 0 Å². The molecule has 1 aromatic rings. The van der Waals surface area contributed by atoms with Gasteiger partial charge in [-0.2, -0.15) is 13.2 Å². The van der Waals surface area contributed by atoms with E-state index < -0.39 is 35.4 Å². The molecule has 2 saturated carbocycles. The van der Waals surface area contributed by atoms with Crippen molar-refractivity contribution in [3.05, 3.63) is 40.9 Å². The fourth-order valence-corrected chi connectivity index (χ4v) is 5.26. The molecule has 1 heterocycles. The molecule has 1 aliphatic heterocycles. The van der Waals surface area contributed by atoms with Gasteiger partial charge in [0.15, 0.2) is 0 Å². The molecule has 2 amide bonds. The van der Waals surface area contributed by atoms with Crippen molar-refractivity contribution in [2.45, 2.75) is 12.6 Å². The Kier molecular flexibility index (Phi) is 2.88. The standard InChI is InChI=1S/C18H13ClF3NO2/c19-12-4-1-7(18(20,21)22)5-13(12)23-16(24)14-8-2-3-9(11-6-10(8)11)15(14)17(23)25/h1-5,8-11,14-15H,6H2/t8-,9-,10-,11+,14+,15+/m1/s1. The summed E-state index contributed by atoms with van der Waals surface area (Å²) >= 11 is 6.05. The lowest BCUT2D eigenvalue weighted by molar-refractivity contribution is -0.137. The highest BCUT2D eigenvalue weighted by Crippen LogP contribution is 2.65. The Morgan fingerprint density at radius 2 is 1.56 bits per heavy atom. The van der Waals surface area contributed by atoms with E-state index in [1.807, 2.05) is 12.2 Å². The van der Waals surface area contributed by atoms with E-state index in [1.165, 1.54) is 0 Å². The normalized spacial score (nSPS) is 38.2. The van der Waals surface area contributed by atoms with Crippen molar-refractivity contribution in [2.24, 2.45) is 35.5 Å². The Morgan fingerprint density at radius 1 is 1.00 bits per heavy atom. The van der Waals surface area contributed by atoms with Crippen molar-refractivity contribution in [3.63, 3.8) is 0 Å². The summed E-state index contributed by atoms with van der Waals surface area (Å²) in [4.78, 5) is 26.8. The molecule has 25 heavy (non-hydrogen) atoms. The monoisotopic (exact) mass is 367 g/mol. The van der Waals surface area contributed by atoms with Crippen molar-refractivity contribution in [2.75, 3.05) is 4.90 Å². The van der Waals surface area contributed by atoms with Gasteiger partial charge in [-0.25, -0.2) is 4.90 Å². The highest BCUT2D eigenvalue weighted by Gasteiger charge is 2.67. The fraction of sp³-hybridized carbons (Fsp3) is 0.444. The molecular formula is C18H13ClF3NO2. The van der Waals surface area contributed by atoms with Gasteiger partial charge in [0.2, 0.25) is 11.8 Å². The zero-order chi connectivity index (χ0) is 17.7. The number of carbonyl (C=O) groups excluding carboxylic acids is 2. The molecule has 2 bridgehead atoms. The van der Waals surface area contributed by atoms with Crippen molar-refractivity contribution in [1.82, 2.24) is 0 Å². The Labute approximate surface area is 146 Å². The van der Waals surface area contributed by atoms with E-state index in [1.54, 1.807) is 0 Å². The number of hydrogen-bond acceptors (Lipinski definition) is 2. The van der Waals surface area contributed by atoms with E-state index in [9.17, 15) is 22.8 Å². The first-order valence-electron chi connectivity index (χ1n) is 8.22. The molecule has 130 valence electrons. The number of amides is 2. The van der Waals surface area contributed by atoms with Gasteiger partial charge in [-0.3, -0.25) is 9.59 Å². The van der Waals surface area contributed by atoms with Crippen LogP contribution in [0.2, 0.25) is 5.02 Å². The van der Waals surface area contributed by atoms with Gasteiger partial charge in [-0.1, -0.05) is 23.8 Å². The third-order valence-electron chi connectivity index (χ3n) is 6.18. The van der Waals surface area contributed by atoms with Gasteiger partial charge in [0, 0.05) is 0 Å². The summed E-state index contributed by atoms with van der Waals surface area (Å²) in [7, 11) is 0. The van der Waals surface area contributed by atoms with E-state index in [0.29, 0.717) is 11.8 Å². The number of benzene rings is 1. The first-order chi connectivity index (χ1) is 11.8. The van der Waals surface area contributed by atoms with Crippen LogP contribution in [0.5, 0.6) is 0 Å². The van der Waals surface area contributed by atoms with Crippen molar-refractivity contribution in [1.29, 1.82) is 0 Å². The zero-order valence-electron chi connectivity index (χ0n) is 12.8. The summed E-state index contributed by atoms with van der Waals surface area (Å²) in [5.74, 6) is -0.845. The highest BCUT2D eigenvalue weighted by atomic mass is 35.5. The number of halogens is 4. The van der Waals surface area contributed by atoms with Crippen LogP contribution >= 0.6 is 11.6 Å². The summed E-state index contributed by atoms with van der Waals surface area (Å²) in [6.07, 6.45) is 0.491. The van der Waals surface area contributed by atoms with Crippen LogP contribution in [0, 0.1) is 35.5 Å². The van der Waals surface area contributed by atoms with Gasteiger partial charge < -0.3 is 0 Å². The maximum absolute atomic E-state index is 13.0. The predicted octanol–water partition coefficient (Wildman–Crippen LogP) is 3.92. The van der Waals surface area contributed by atoms with Crippen molar-refractivity contribution >= 4 is 29.1 Å². The van der Waals surface area contributed by atoms with E-state index in [2.05, 4.69) is 0 Å². The maximum atomic E-state index is 13.0. The van der Waals surface area contributed by atoms with Crippen LogP contribution in [0.1, 0.15) is 12.0 Å². The number of allylic oxidation sites excluding steroid dienone is 2. The first-order valence-corrected chi connectivity index (χ1v) is 8.59. The van der Waals surface area contributed by atoms with Crippen LogP contribution < -0.4 is 4.90 Å². The van der Waals surface area contributed by atoms with Gasteiger partial charge in [-0.05, 0) is 48.3 Å². The third kappa shape index (κ3) is 1.94. The minimum atomic E-state index is -4.57. The van der Waals surface area contributed by atoms with E-state index in [-0.39, 0.29) is 22.5 Å². The minimum Gasteiger partial charge on any atom is -0.274 e. The number of nitrogens with zero attached hydrogens (tertiary/aromatic N) is 1. The number of carbonyl (C=O) groups is 2. The predicted molar refractivity (Wildman–Crippen MR) is 83.6 cm³/mol. The minimum absolute atomic E-state index is 0.0195. The Hall–Kier alpha value is -1.82. The molecule has 0 N–H and O–H groups in total. The second-order valence-corrected chi connectivity index (χ2v) is 7.74. The molecule has 3 nitrogen and oxygen atoms in total. The highest BCUT2D eigenvalue weighted by molar-refractivity contribution is 6.36. The summed E-state index contributed by atoms with van der Waals surface area (Å²) in [5, 5.41) is -0.0289. The Bertz CT molecular complexity index is 813. The largest absolute Gasteiger partial charge is 0.416 e. The lowest BCUT2D eigenvalue weighted by Gasteiger charge is -2.37. The molecule has 7 heteroatoms. The fourth-order valence-electron chi connectivity index (χ4n) is 5.05. The van der Waals surface area contributed by atoms with Crippen LogP contribution in [-0.4, -0.2) is 11.8 Å². The zero-order valence-corrected chi connectivity index (χ0v) is 13.6. The summed E-state index contributed by atoms with van der Waals surface area (Å²) in [5.41, 5.74) is -1.08. The average Bonchev–Trinajstić information content (AvgIpc) is 3.32. The average molecular weight is 368 g/mol. The molecular weight excluding hydrogens is 355 g/mol. The number of imide groups is 1. The van der Waals surface area contributed by atoms with Crippen molar-refractivity contribution < 1.29 is 22.8 Å². The van der Waals surface area contributed by atoms with E-state index in [0.717, 1.165) is 29.5 Å². The second-order valence-electron chi connectivity index (χ2n) is 7.33.